The maximum absolute atomic E-state index is 12.9. The maximum atomic E-state index is 12.9. The second kappa shape index (κ2) is 9.31. The smallest absolute Gasteiger partial charge is 0.263 e. The van der Waals surface area contributed by atoms with Gasteiger partial charge in [-0.15, -0.1) is 10.2 Å². The number of aromatic nitrogens is 3. The molecule has 2 aromatic carbocycles. The molecule has 0 bridgehead atoms. The van der Waals surface area contributed by atoms with Crippen LogP contribution in [0, 0.1) is 18.3 Å². The number of thioether (sulfide) groups is 1. The molecule has 2 heterocycles. The van der Waals surface area contributed by atoms with Gasteiger partial charge in [0.05, 0.1) is 16.7 Å². The quantitative estimate of drug-likeness (QED) is 0.292. The van der Waals surface area contributed by atoms with Gasteiger partial charge >= 0.3 is 0 Å². The number of nitriles is 1. The highest BCUT2D eigenvalue weighted by atomic mass is 35.5. The largest absolute Gasteiger partial charge is 0.360 e. The van der Waals surface area contributed by atoms with Crippen molar-refractivity contribution < 1.29 is 9.32 Å². The van der Waals surface area contributed by atoms with E-state index in [-0.39, 0.29) is 0 Å². The Morgan fingerprint density at radius 2 is 2.00 bits per heavy atom. The molecule has 0 saturated heterocycles. The Balaban J connectivity index is 1.46. The molecule has 0 fully saturated rings. The molecule has 2 aromatic heterocycles. The van der Waals surface area contributed by atoms with Gasteiger partial charge in [0, 0.05) is 11.3 Å². The fraction of sp³-hybridized carbons (Fsp3) is 0.0952. The third-order valence-electron chi connectivity index (χ3n) is 4.29. The number of nitrogens with one attached hydrogen (secondary N) is 1. The Hall–Kier alpha value is -3.19. The summed E-state index contributed by atoms with van der Waals surface area (Å²) in [6.07, 6.45) is 0. The van der Waals surface area contributed by atoms with Crippen molar-refractivity contribution in [3.05, 3.63) is 76.0 Å². The lowest BCUT2D eigenvalue weighted by Crippen LogP contribution is -2.13. The van der Waals surface area contributed by atoms with Crippen molar-refractivity contribution in [3.63, 3.8) is 0 Å². The molecule has 154 valence electrons. The summed E-state index contributed by atoms with van der Waals surface area (Å²) in [7, 11) is 0. The highest BCUT2D eigenvalue weighted by molar-refractivity contribution is 8.00. The number of hydrogen-bond donors (Lipinski definition) is 1. The van der Waals surface area contributed by atoms with Crippen molar-refractivity contribution in [2.24, 2.45) is 0 Å². The molecule has 1 N–H and O–H groups in total. The molecule has 0 aliphatic heterocycles. The summed E-state index contributed by atoms with van der Waals surface area (Å²) in [4.78, 5) is 12.9. The van der Waals surface area contributed by atoms with Gasteiger partial charge < -0.3 is 4.52 Å². The zero-order chi connectivity index (χ0) is 21.8. The topological polar surface area (TPSA) is 105 Å². The van der Waals surface area contributed by atoms with Gasteiger partial charge in [0.15, 0.2) is 4.34 Å². The highest BCUT2D eigenvalue weighted by Crippen LogP contribution is 2.32. The number of nitrogens with zero attached hydrogens (tertiary/aromatic N) is 4. The van der Waals surface area contributed by atoms with Crippen molar-refractivity contribution in [3.8, 4) is 17.3 Å². The number of hydrogen-bond acceptors (Lipinski definition) is 8. The van der Waals surface area contributed by atoms with Crippen LogP contribution in [0.2, 0.25) is 5.02 Å². The minimum atomic E-state index is -0.395. The zero-order valence-electron chi connectivity index (χ0n) is 16.1. The third kappa shape index (κ3) is 4.77. The minimum absolute atomic E-state index is 0.301. The van der Waals surface area contributed by atoms with Crippen LogP contribution in [0.5, 0.6) is 0 Å². The maximum Gasteiger partial charge on any atom is 0.263 e. The molecule has 0 radical (unpaired) electrons. The van der Waals surface area contributed by atoms with Gasteiger partial charge in [0.2, 0.25) is 5.13 Å². The van der Waals surface area contributed by atoms with Crippen LogP contribution in [0.15, 0.2) is 57.4 Å². The lowest BCUT2D eigenvalue weighted by atomic mass is 10.1. The standard InChI is InChI=1S/C21H14ClN5O2S2/c1-12-17(18(27-29-12)15-4-2-3-5-16(15)22)19(28)24-20-25-26-21(31-20)30-11-14-8-6-13(10-23)7-9-14/h2-9H,11H2,1H3,(H,24,25,28). The number of halogens is 1. The van der Waals surface area contributed by atoms with E-state index in [2.05, 4.69) is 26.7 Å². The summed E-state index contributed by atoms with van der Waals surface area (Å²) in [6.45, 7) is 1.67. The molecule has 4 aromatic rings. The van der Waals surface area contributed by atoms with Crippen LogP contribution in [-0.2, 0) is 5.75 Å². The highest BCUT2D eigenvalue weighted by Gasteiger charge is 2.24. The average molecular weight is 468 g/mol. The first-order valence-electron chi connectivity index (χ1n) is 9.03. The van der Waals surface area contributed by atoms with E-state index in [9.17, 15) is 4.79 Å². The van der Waals surface area contributed by atoms with Crippen LogP contribution in [-0.4, -0.2) is 21.3 Å². The minimum Gasteiger partial charge on any atom is -0.360 e. The molecular weight excluding hydrogens is 454 g/mol. The van der Waals surface area contributed by atoms with Crippen LogP contribution < -0.4 is 5.32 Å². The summed E-state index contributed by atoms with van der Waals surface area (Å²) in [5.74, 6) is 0.663. The van der Waals surface area contributed by atoms with Crippen molar-refractivity contribution in [2.45, 2.75) is 17.0 Å². The number of carbonyl (C=O) groups is 1. The van der Waals surface area contributed by atoms with E-state index in [4.69, 9.17) is 21.4 Å². The van der Waals surface area contributed by atoms with Gasteiger partial charge in [-0.1, -0.05) is 70.2 Å². The van der Waals surface area contributed by atoms with Crippen molar-refractivity contribution in [1.29, 1.82) is 5.26 Å². The normalized spacial score (nSPS) is 10.6. The number of amides is 1. The fourth-order valence-electron chi connectivity index (χ4n) is 2.78. The molecule has 10 heteroatoms. The summed E-state index contributed by atoms with van der Waals surface area (Å²) >= 11 is 9.03. The van der Waals surface area contributed by atoms with Gasteiger partial charge in [-0.05, 0) is 30.7 Å². The molecule has 31 heavy (non-hydrogen) atoms. The Morgan fingerprint density at radius 3 is 2.74 bits per heavy atom. The number of anilines is 1. The SMILES string of the molecule is Cc1onc(-c2ccccc2Cl)c1C(=O)Nc1nnc(SCc2ccc(C#N)cc2)s1. The molecule has 7 nitrogen and oxygen atoms in total. The molecule has 0 saturated carbocycles. The Bertz CT molecular complexity index is 1280. The molecule has 1 amide bonds. The van der Waals surface area contributed by atoms with E-state index in [1.807, 2.05) is 18.2 Å². The fourth-order valence-corrected chi connectivity index (χ4v) is 4.70. The second-order valence-electron chi connectivity index (χ2n) is 6.37. The van der Waals surface area contributed by atoms with Gasteiger partial charge in [-0.25, -0.2) is 0 Å². The van der Waals surface area contributed by atoms with E-state index in [1.54, 1.807) is 37.3 Å². The number of benzene rings is 2. The number of carbonyl (C=O) groups excluding carboxylic acids is 1. The van der Waals surface area contributed by atoms with Gasteiger partial charge in [-0.3, -0.25) is 10.1 Å². The van der Waals surface area contributed by atoms with Gasteiger partial charge in [0.25, 0.3) is 5.91 Å². The van der Waals surface area contributed by atoms with Crippen LogP contribution in [0.4, 0.5) is 5.13 Å². The average Bonchev–Trinajstić information content (AvgIpc) is 3.39. The van der Waals surface area contributed by atoms with Crippen molar-refractivity contribution >= 4 is 45.7 Å². The Labute approximate surface area is 191 Å². The monoisotopic (exact) mass is 467 g/mol. The van der Waals surface area contributed by atoms with E-state index in [0.29, 0.717) is 48.4 Å². The summed E-state index contributed by atoms with van der Waals surface area (Å²) < 4.78 is 5.96. The van der Waals surface area contributed by atoms with Crippen LogP contribution in [0.1, 0.15) is 27.2 Å². The molecule has 0 aliphatic carbocycles. The Morgan fingerprint density at radius 1 is 1.23 bits per heavy atom. The lowest BCUT2D eigenvalue weighted by molar-refractivity contribution is 0.102. The predicted octanol–water partition coefficient (Wildman–Crippen LogP) is 5.57. The van der Waals surface area contributed by atoms with Gasteiger partial charge in [0.1, 0.15) is 17.0 Å². The van der Waals surface area contributed by atoms with Crippen molar-refractivity contribution in [1.82, 2.24) is 15.4 Å². The Kier molecular flexibility index (Phi) is 6.32. The summed E-state index contributed by atoms with van der Waals surface area (Å²) in [6, 6.07) is 16.6. The molecule has 4 rings (SSSR count). The van der Waals surface area contributed by atoms with E-state index in [0.717, 1.165) is 5.56 Å². The van der Waals surface area contributed by atoms with E-state index in [1.165, 1.54) is 23.1 Å². The molecule has 0 spiro atoms. The first kappa shape index (κ1) is 21.1. The molecule has 0 atom stereocenters. The number of aryl methyl sites for hydroxylation is 1. The molecular formula is C21H14ClN5O2S2. The summed E-state index contributed by atoms with van der Waals surface area (Å²) in [5, 5.41) is 24.7. The first-order chi connectivity index (χ1) is 15.0. The third-order valence-corrected chi connectivity index (χ3v) is 6.66. The number of rotatable bonds is 6. The second-order valence-corrected chi connectivity index (χ2v) is 8.97. The molecule has 0 aliphatic rings. The van der Waals surface area contributed by atoms with Crippen LogP contribution >= 0.6 is 34.7 Å². The van der Waals surface area contributed by atoms with E-state index < -0.39 is 5.91 Å². The molecule has 0 unspecified atom stereocenters. The van der Waals surface area contributed by atoms with Gasteiger partial charge in [-0.2, -0.15) is 5.26 Å². The first-order valence-corrected chi connectivity index (χ1v) is 11.2. The zero-order valence-corrected chi connectivity index (χ0v) is 18.5. The van der Waals surface area contributed by atoms with Crippen LogP contribution in [0.25, 0.3) is 11.3 Å². The van der Waals surface area contributed by atoms with Crippen LogP contribution in [0.3, 0.4) is 0 Å². The van der Waals surface area contributed by atoms with E-state index >= 15 is 0 Å². The van der Waals surface area contributed by atoms with Crippen molar-refractivity contribution in [2.75, 3.05) is 5.32 Å². The predicted molar refractivity (Wildman–Crippen MR) is 120 cm³/mol. The lowest BCUT2D eigenvalue weighted by Gasteiger charge is -2.04. The summed E-state index contributed by atoms with van der Waals surface area (Å²) in [5.41, 5.74) is 2.97.